The minimum absolute atomic E-state index is 0.135. The fourth-order valence-corrected chi connectivity index (χ4v) is 6.90. The zero-order valence-electron chi connectivity index (χ0n) is 12.4. The van der Waals surface area contributed by atoms with E-state index in [-0.39, 0.29) is 15.2 Å². The van der Waals surface area contributed by atoms with Crippen molar-refractivity contribution in [2.24, 2.45) is 0 Å². The first-order valence-electron chi connectivity index (χ1n) is 6.59. The number of benzene rings is 2. The van der Waals surface area contributed by atoms with Gasteiger partial charge in [-0.1, -0.05) is 0 Å². The van der Waals surface area contributed by atoms with Gasteiger partial charge in [0.1, 0.15) is 0 Å². The molecule has 0 fully saturated rings. The van der Waals surface area contributed by atoms with Crippen LogP contribution in [0.4, 0.5) is 5.69 Å². The average molecular weight is 415 g/mol. The molecule has 0 aromatic heterocycles. The van der Waals surface area contributed by atoms with Gasteiger partial charge in [-0.25, -0.2) is 0 Å². The van der Waals surface area contributed by atoms with Crippen molar-refractivity contribution in [3.63, 3.8) is 0 Å². The first kappa shape index (κ1) is 18.4. The molecule has 0 saturated heterocycles. The van der Waals surface area contributed by atoms with Crippen molar-refractivity contribution < 1.29 is 29.3 Å². The van der Waals surface area contributed by atoms with Crippen molar-refractivity contribution in [2.45, 2.75) is 11.8 Å². The SMILES string of the molecule is CC(=O)Nc1ccc([As](=O)(OO)OS(=O)(=O)c2ccccc2)cc1. The molecular formula is C14H14AsNO7S. The first-order valence-corrected chi connectivity index (χ1v) is 11.2. The molecule has 0 spiro atoms. The molecule has 24 heavy (non-hydrogen) atoms. The van der Waals surface area contributed by atoms with Crippen LogP contribution >= 0.6 is 0 Å². The zero-order valence-corrected chi connectivity index (χ0v) is 15.1. The number of carbonyl (C=O) groups is 1. The second-order valence-electron chi connectivity index (χ2n) is 4.65. The van der Waals surface area contributed by atoms with E-state index in [9.17, 15) is 17.0 Å². The van der Waals surface area contributed by atoms with Crippen molar-refractivity contribution in [3.05, 3.63) is 54.6 Å². The van der Waals surface area contributed by atoms with Gasteiger partial charge in [0.25, 0.3) is 0 Å². The summed E-state index contributed by atoms with van der Waals surface area (Å²) in [6, 6.07) is 12.3. The molecule has 2 N–H and O–H groups in total. The molecule has 0 aliphatic rings. The fraction of sp³-hybridized carbons (Fsp3) is 0.0714. The molecule has 1 amide bonds. The molecule has 0 aliphatic heterocycles. The monoisotopic (exact) mass is 415 g/mol. The van der Waals surface area contributed by atoms with E-state index in [4.69, 9.17) is 8.43 Å². The molecule has 1 atom stereocenters. The Bertz CT molecular complexity index is 866. The van der Waals surface area contributed by atoms with Crippen LogP contribution in [0, 0.1) is 0 Å². The summed E-state index contributed by atoms with van der Waals surface area (Å²) in [5.41, 5.74) is 0.400. The Balaban J connectivity index is 2.32. The Morgan fingerprint density at radius 3 is 2.17 bits per heavy atom. The van der Waals surface area contributed by atoms with Crippen molar-refractivity contribution >= 4 is 40.2 Å². The summed E-state index contributed by atoms with van der Waals surface area (Å²) in [6.07, 6.45) is 0. The van der Waals surface area contributed by atoms with Crippen molar-refractivity contribution in [1.82, 2.24) is 0 Å². The van der Waals surface area contributed by atoms with E-state index in [1.165, 1.54) is 55.5 Å². The van der Waals surface area contributed by atoms with E-state index in [2.05, 4.69) is 9.19 Å². The maximum atomic E-state index is 12.6. The van der Waals surface area contributed by atoms with E-state index in [0.717, 1.165) is 0 Å². The van der Waals surface area contributed by atoms with E-state index in [1.54, 1.807) is 6.07 Å². The van der Waals surface area contributed by atoms with Crippen molar-refractivity contribution in [2.75, 3.05) is 5.32 Å². The minimum atomic E-state index is -5.28. The van der Waals surface area contributed by atoms with Crippen LogP contribution in [-0.4, -0.2) is 33.8 Å². The third-order valence-corrected chi connectivity index (χ3v) is 8.96. The molecule has 0 radical (unpaired) electrons. The zero-order chi connectivity index (χ0) is 17.8. The Kier molecular flexibility index (Phi) is 5.63. The molecule has 0 saturated carbocycles. The van der Waals surface area contributed by atoms with Crippen LogP contribution in [0.5, 0.6) is 0 Å². The summed E-state index contributed by atoms with van der Waals surface area (Å²) < 4.78 is 45.4. The predicted molar refractivity (Wildman–Crippen MR) is 85.2 cm³/mol. The number of hydrogen-bond acceptors (Lipinski definition) is 7. The summed E-state index contributed by atoms with van der Waals surface area (Å²) in [5.74, 6) is -0.308. The number of rotatable bonds is 6. The van der Waals surface area contributed by atoms with Crippen LogP contribution in [0.1, 0.15) is 6.92 Å². The van der Waals surface area contributed by atoms with Crippen LogP contribution in [0.2, 0.25) is 0 Å². The molecule has 2 aromatic carbocycles. The second-order valence-corrected chi connectivity index (χ2v) is 10.6. The molecule has 10 heteroatoms. The van der Waals surface area contributed by atoms with Gasteiger partial charge < -0.3 is 0 Å². The molecule has 2 aromatic rings. The van der Waals surface area contributed by atoms with E-state index in [0.29, 0.717) is 5.69 Å². The first-order chi connectivity index (χ1) is 11.3. The molecule has 0 aliphatic carbocycles. The van der Waals surface area contributed by atoms with Crippen molar-refractivity contribution in [1.29, 1.82) is 0 Å². The van der Waals surface area contributed by atoms with Gasteiger partial charge in [0, 0.05) is 0 Å². The quantitative estimate of drug-likeness (QED) is 0.412. The Morgan fingerprint density at radius 2 is 1.67 bits per heavy atom. The average Bonchev–Trinajstić information content (AvgIpc) is 2.55. The Morgan fingerprint density at radius 1 is 1.08 bits per heavy atom. The van der Waals surface area contributed by atoms with Gasteiger partial charge >= 0.3 is 141 Å². The van der Waals surface area contributed by atoms with Gasteiger partial charge in [-0.05, 0) is 0 Å². The second kappa shape index (κ2) is 7.33. The van der Waals surface area contributed by atoms with Crippen LogP contribution < -0.4 is 9.67 Å². The van der Waals surface area contributed by atoms with Gasteiger partial charge in [0.15, 0.2) is 0 Å². The molecule has 0 heterocycles. The molecule has 2 rings (SSSR count). The summed E-state index contributed by atoms with van der Waals surface area (Å²) in [4.78, 5) is 10.7. The number of amides is 1. The third-order valence-electron chi connectivity index (χ3n) is 2.84. The normalized spacial score (nSPS) is 13.9. The summed E-state index contributed by atoms with van der Waals surface area (Å²) in [6.45, 7) is 1.31. The van der Waals surface area contributed by atoms with Crippen LogP contribution in [0.25, 0.3) is 0 Å². The summed E-state index contributed by atoms with van der Waals surface area (Å²) in [7, 11) is -4.40. The van der Waals surface area contributed by atoms with E-state index >= 15 is 0 Å². The maximum absolute atomic E-state index is 12.6. The van der Waals surface area contributed by atoms with Gasteiger partial charge in [0.05, 0.1) is 0 Å². The van der Waals surface area contributed by atoms with Crippen LogP contribution in [0.15, 0.2) is 59.5 Å². The van der Waals surface area contributed by atoms with E-state index in [1.807, 2.05) is 0 Å². The molecular weight excluding hydrogens is 401 g/mol. The predicted octanol–water partition coefficient (Wildman–Crippen LogP) is 1.12. The Labute approximate surface area is 141 Å². The van der Waals surface area contributed by atoms with Crippen LogP contribution in [0.3, 0.4) is 0 Å². The van der Waals surface area contributed by atoms with Crippen LogP contribution in [-0.2, 0) is 25.7 Å². The van der Waals surface area contributed by atoms with Gasteiger partial charge in [0.2, 0.25) is 0 Å². The standard InChI is InChI=1S/C14H14AsNO7S/c1-11(17)16-13-9-7-12(8-10-13)15(18,22-19)23-24(20,21)14-5-3-2-4-6-14/h2-10,19H,1H3,(H,16,17). The summed E-state index contributed by atoms with van der Waals surface area (Å²) >= 11 is -5.28. The molecule has 8 nitrogen and oxygen atoms in total. The van der Waals surface area contributed by atoms with Gasteiger partial charge in [-0.15, -0.1) is 0 Å². The molecule has 128 valence electrons. The number of anilines is 1. The number of hydrogen-bond donors (Lipinski definition) is 2. The summed E-state index contributed by atoms with van der Waals surface area (Å²) in [5, 5.41) is 11.5. The van der Waals surface area contributed by atoms with Gasteiger partial charge in [-0.2, -0.15) is 0 Å². The molecule has 0 bridgehead atoms. The number of nitrogens with one attached hydrogen (secondary N) is 1. The fourth-order valence-electron chi connectivity index (χ4n) is 1.79. The topological polar surface area (TPSA) is 119 Å². The Hall–Kier alpha value is -1.90. The third kappa shape index (κ3) is 4.34. The molecule has 1 unspecified atom stereocenters. The van der Waals surface area contributed by atoms with E-state index < -0.39 is 24.3 Å². The van der Waals surface area contributed by atoms with Crippen molar-refractivity contribution in [3.8, 4) is 0 Å². The van der Waals surface area contributed by atoms with Gasteiger partial charge in [-0.3, -0.25) is 0 Å². The number of carbonyl (C=O) groups excluding carboxylic acids is 1.